The maximum absolute atomic E-state index is 13.4. The Morgan fingerprint density at radius 2 is 1.82 bits per heavy atom. The predicted molar refractivity (Wildman–Crippen MR) is 42.2 cm³/mol. The summed E-state index contributed by atoms with van der Waals surface area (Å²) in [6.07, 6.45) is -0.549. The SMILES string of the molecule is CN1CC2CNCC(C1)C2F. The van der Waals surface area contributed by atoms with Crippen LogP contribution in [0.15, 0.2) is 0 Å². The van der Waals surface area contributed by atoms with Crippen LogP contribution in [-0.4, -0.2) is 44.3 Å². The van der Waals surface area contributed by atoms with Gasteiger partial charge >= 0.3 is 0 Å². The molecule has 2 aliphatic heterocycles. The molecule has 11 heavy (non-hydrogen) atoms. The third-order valence-corrected chi connectivity index (χ3v) is 2.81. The van der Waals surface area contributed by atoms with Crippen molar-refractivity contribution in [2.45, 2.75) is 6.17 Å². The molecule has 3 heteroatoms. The van der Waals surface area contributed by atoms with Gasteiger partial charge in [0.05, 0.1) is 0 Å². The number of hydrogen-bond acceptors (Lipinski definition) is 2. The van der Waals surface area contributed by atoms with Gasteiger partial charge in [0.25, 0.3) is 0 Å². The van der Waals surface area contributed by atoms with E-state index in [9.17, 15) is 4.39 Å². The fourth-order valence-corrected chi connectivity index (χ4v) is 2.27. The summed E-state index contributed by atoms with van der Waals surface area (Å²) in [4.78, 5) is 2.24. The van der Waals surface area contributed by atoms with Gasteiger partial charge in [-0.25, -0.2) is 4.39 Å². The molecule has 1 N–H and O–H groups in total. The molecule has 2 heterocycles. The third-order valence-electron chi connectivity index (χ3n) is 2.81. The minimum absolute atomic E-state index is 0.243. The molecule has 2 bridgehead atoms. The highest BCUT2D eigenvalue weighted by molar-refractivity contribution is 4.91. The van der Waals surface area contributed by atoms with E-state index in [1.807, 2.05) is 0 Å². The first-order valence-electron chi connectivity index (χ1n) is 4.30. The van der Waals surface area contributed by atoms with Crippen molar-refractivity contribution in [3.05, 3.63) is 0 Å². The number of likely N-dealkylation sites (tertiary alicyclic amines) is 1. The number of rotatable bonds is 0. The molecule has 0 radical (unpaired) electrons. The number of piperidine rings is 2. The molecule has 0 aliphatic carbocycles. The summed E-state index contributed by atoms with van der Waals surface area (Å²) in [6, 6.07) is 0. The summed E-state index contributed by atoms with van der Waals surface area (Å²) in [5.74, 6) is 0.486. The second-order valence-corrected chi connectivity index (χ2v) is 3.84. The Labute approximate surface area is 66.8 Å². The summed E-state index contributed by atoms with van der Waals surface area (Å²) in [5, 5.41) is 3.27. The first-order chi connectivity index (χ1) is 5.27. The molecular formula is C8H15FN2. The highest BCUT2D eigenvalue weighted by Crippen LogP contribution is 2.26. The summed E-state index contributed by atoms with van der Waals surface area (Å²) >= 11 is 0. The molecule has 0 saturated carbocycles. The topological polar surface area (TPSA) is 15.3 Å². The fraction of sp³-hybridized carbons (Fsp3) is 1.00. The Balaban J connectivity index is 2.07. The summed E-state index contributed by atoms with van der Waals surface area (Å²) in [5.41, 5.74) is 0. The molecule has 2 nitrogen and oxygen atoms in total. The molecule has 0 amide bonds. The standard InChI is InChI=1S/C8H15FN2/c1-11-4-6-2-10-3-7(5-11)8(6)9/h6-8,10H,2-5H2,1H3. The van der Waals surface area contributed by atoms with Gasteiger partial charge in [0.1, 0.15) is 6.17 Å². The monoisotopic (exact) mass is 158 g/mol. The maximum atomic E-state index is 13.4. The molecule has 0 aromatic heterocycles. The van der Waals surface area contributed by atoms with Gasteiger partial charge in [-0.3, -0.25) is 0 Å². The average molecular weight is 158 g/mol. The quantitative estimate of drug-likeness (QED) is 0.538. The van der Waals surface area contributed by atoms with Crippen molar-refractivity contribution in [1.29, 1.82) is 0 Å². The Bertz CT molecular complexity index is 137. The van der Waals surface area contributed by atoms with E-state index in [4.69, 9.17) is 0 Å². The smallest absolute Gasteiger partial charge is 0.111 e. The van der Waals surface area contributed by atoms with Gasteiger partial charge in [-0.2, -0.15) is 0 Å². The molecule has 2 aliphatic rings. The second kappa shape index (κ2) is 2.72. The van der Waals surface area contributed by atoms with Gasteiger partial charge in [0.15, 0.2) is 0 Å². The molecule has 2 saturated heterocycles. The number of halogens is 1. The first-order valence-corrected chi connectivity index (χ1v) is 4.30. The van der Waals surface area contributed by atoms with Gasteiger partial charge in [0, 0.05) is 38.0 Å². The van der Waals surface area contributed by atoms with Crippen LogP contribution in [0.3, 0.4) is 0 Å². The molecule has 2 atom stereocenters. The van der Waals surface area contributed by atoms with E-state index in [0.717, 1.165) is 26.2 Å². The minimum Gasteiger partial charge on any atom is -0.316 e. The zero-order valence-corrected chi connectivity index (χ0v) is 6.89. The van der Waals surface area contributed by atoms with E-state index in [1.54, 1.807) is 0 Å². The largest absolute Gasteiger partial charge is 0.316 e. The van der Waals surface area contributed by atoms with Crippen molar-refractivity contribution >= 4 is 0 Å². The predicted octanol–water partition coefficient (Wildman–Crippen LogP) is 0.106. The van der Waals surface area contributed by atoms with Crippen molar-refractivity contribution in [3.8, 4) is 0 Å². The van der Waals surface area contributed by atoms with E-state index in [0.29, 0.717) is 0 Å². The highest BCUT2D eigenvalue weighted by atomic mass is 19.1. The van der Waals surface area contributed by atoms with Crippen LogP contribution in [-0.2, 0) is 0 Å². The van der Waals surface area contributed by atoms with E-state index in [1.165, 1.54) is 0 Å². The Morgan fingerprint density at radius 3 is 2.36 bits per heavy atom. The fourth-order valence-electron chi connectivity index (χ4n) is 2.27. The van der Waals surface area contributed by atoms with Gasteiger partial charge in [-0.1, -0.05) is 0 Å². The minimum atomic E-state index is -0.549. The van der Waals surface area contributed by atoms with Gasteiger partial charge < -0.3 is 10.2 Å². The van der Waals surface area contributed by atoms with Gasteiger partial charge in [-0.05, 0) is 7.05 Å². The van der Waals surface area contributed by atoms with Crippen molar-refractivity contribution < 1.29 is 4.39 Å². The highest BCUT2D eigenvalue weighted by Gasteiger charge is 2.38. The van der Waals surface area contributed by atoms with E-state index in [2.05, 4.69) is 17.3 Å². The van der Waals surface area contributed by atoms with E-state index < -0.39 is 6.17 Å². The van der Waals surface area contributed by atoms with Crippen LogP contribution in [0.4, 0.5) is 4.39 Å². The number of hydrogen-bond donors (Lipinski definition) is 1. The first kappa shape index (κ1) is 7.50. The average Bonchev–Trinajstić information content (AvgIpc) is 1.92. The summed E-state index contributed by atoms with van der Waals surface area (Å²) < 4.78 is 13.4. The molecule has 0 spiro atoms. The zero-order chi connectivity index (χ0) is 7.84. The molecule has 0 aromatic rings. The number of nitrogens with zero attached hydrogens (tertiary/aromatic N) is 1. The summed E-state index contributed by atoms with van der Waals surface area (Å²) in [7, 11) is 2.08. The van der Waals surface area contributed by atoms with Crippen LogP contribution in [0.1, 0.15) is 0 Å². The van der Waals surface area contributed by atoms with Crippen LogP contribution in [0, 0.1) is 11.8 Å². The molecule has 2 rings (SSSR count). The Kier molecular flexibility index (Phi) is 1.85. The number of alkyl halides is 1. The molecule has 2 unspecified atom stereocenters. The van der Waals surface area contributed by atoms with Gasteiger partial charge in [0.2, 0.25) is 0 Å². The van der Waals surface area contributed by atoms with Crippen LogP contribution in [0.25, 0.3) is 0 Å². The lowest BCUT2D eigenvalue weighted by Crippen LogP contribution is -2.56. The lowest BCUT2D eigenvalue weighted by Gasteiger charge is -2.42. The van der Waals surface area contributed by atoms with Crippen molar-refractivity contribution in [1.82, 2.24) is 10.2 Å². The Morgan fingerprint density at radius 1 is 1.27 bits per heavy atom. The summed E-state index contributed by atoms with van der Waals surface area (Å²) in [6.45, 7) is 3.57. The zero-order valence-electron chi connectivity index (χ0n) is 6.89. The maximum Gasteiger partial charge on any atom is 0.111 e. The van der Waals surface area contributed by atoms with Crippen LogP contribution in [0.2, 0.25) is 0 Å². The molecule has 64 valence electrons. The van der Waals surface area contributed by atoms with Crippen LogP contribution >= 0.6 is 0 Å². The second-order valence-electron chi connectivity index (χ2n) is 3.84. The lowest BCUT2D eigenvalue weighted by molar-refractivity contribution is 0.0228. The number of fused-ring (bicyclic) bond motifs is 2. The van der Waals surface area contributed by atoms with Crippen molar-refractivity contribution in [3.63, 3.8) is 0 Å². The van der Waals surface area contributed by atoms with Crippen LogP contribution < -0.4 is 5.32 Å². The van der Waals surface area contributed by atoms with Crippen LogP contribution in [0.5, 0.6) is 0 Å². The van der Waals surface area contributed by atoms with E-state index >= 15 is 0 Å². The van der Waals surface area contributed by atoms with Crippen molar-refractivity contribution in [2.24, 2.45) is 11.8 Å². The normalized spacial score (nSPS) is 45.8. The van der Waals surface area contributed by atoms with E-state index in [-0.39, 0.29) is 11.8 Å². The molecular weight excluding hydrogens is 143 g/mol. The van der Waals surface area contributed by atoms with Crippen molar-refractivity contribution in [2.75, 3.05) is 33.2 Å². The molecule has 2 fully saturated rings. The lowest BCUT2D eigenvalue weighted by atomic mass is 9.84. The third kappa shape index (κ3) is 1.27. The number of nitrogens with one attached hydrogen (secondary N) is 1. The van der Waals surface area contributed by atoms with Gasteiger partial charge in [-0.15, -0.1) is 0 Å². The Hall–Kier alpha value is -0.150. The molecule has 0 aromatic carbocycles.